The fourth-order valence-corrected chi connectivity index (χ4v) is 3.79. The number of methoxy groups -OCH3 is 1. The third-order valence-corrected chi connectivity index (χ3v) is 5.45. The van der Waals surface area contributed by atoms with Crippen LogP contribution in [0.2, 0.25) is 5.02 Å². The molecule has 142 valence electrons. The van der Waals surface area contributed by atoms with E-state index in [9.17, 15) is 4.79 Å². The number of piperidine rings is 1. The zero-order valence-electron chi connectivity index (χ0n) is 15.5. The van der Waals surface area contributed by atoms with E-state index in [2.05, 4.69) is 16.1 Å². The second-order valence-electron chi connectivity index (χ2n) is 6.74. The van der Waals surface area contributed by atoms with Gasteiger partial charge in [-0.1, -0.05) is 29.8 Å². The third kappa shape index (κ3) is 4.19. The smallest absolute Gasteiger partial charge is 0.345 e. The standard InChI is InChI=1S/C19H27ClN4O2/c1-3-23-18(21-24(19(23)25)12-13-26-2)15-8-10-22(11-9-15)14-16-6-4-5-7-17(16)20/h4-7,15H,3,8-14H2,1-2H3. The highest BCUT2D eigenvalue weighted by molar-refractivity contribution is 6.31. The summed E-state index contributed by atoms with van der Waals surface area (Å²) in [6.07, 6.45) is 2.01. The maximum absolute atomic E-state index is 12.5. The minimum absolute atomic E-state index is 0.0296. The fourth-order valence-electron chi connectivity index (χ4n) is 3.60. The molecule has 0 spiro atoms. The van der Waals surface area contributed by atoms with E-state index in [1.54, 1.807) is 11.8 Å². The van der Waals surface area contributed by atoms with E-state index in [1.165, 1.54) is 5.56 Å². The number of halogens is 1. The topological polar surface area (TPSA) is 52.3 Å². The average molecular weight is 379 g/mol. The molecule has 1 saturated heterocycles. The Labute approximate surface area is 159 Å². The highest BCUT2D eigenvalue weighted by Crippen LogP contribution is 2.28. The van der Waals surface area contributed by atoms with Crippen molar-refractivity contribution in [3.63, 3.8) is 0 Å². The second kappa shape index (κ2) is 8.84. The van der Waals surface area contributed by atoms with Gasteiger partial charge in [0, 0.05) is 31.1 Å². The van der Waals surface area contributed by atoms with E-state index in [-0.39, 0.29) is 5.69 Å². The first-order chi connectivity index (χ1) is 12.6. The van der Waals surface area contributed by atoms with Crippen molar-refractivity contribution in [2.75, 3.05) is 26.8 Å². The molecule has 0 unspecified atom stereocenters. The first-order valence-electron chi connectivity index (χ1n) is 9.26. The van der Waals surface area contributed by atoms with Crippen LogP contribution >= 0.6 is 11.6 Å². The second-order valence-corrected chi connectivity index (χ2v) is 7.15. The molecule has 1 aromatic heterocycles. The molecule has 0 bridgehead atoms. The molecule has 1 aliphatic rings. The molecular formula is C19H27ClN4O2. The predicted octanol–water partition coefficient (Wildman–Crippen LogP) is 2.74. The van der Waals surface area contributed by atoms with Crippen LogP contribution in [0.1, 0.15) is 37.1 Å². The van der Waals surface area contributed by atoms with E-state index in [0.717, 1.165) is 43.3 Å². The first kappa shape index (κ1) is 19.1. The highest BCUT2D eigenvalue weighted by Gasteiger charge is 2.26. The summed E-state index contributed by atoms with van der Waals surface area (Å²) in [4.78, 5) is 14.9. The van der Waals surface area contributed by atoms with Crippen LogP contribution in [0.5, 0.6) is 0 Å². The van der Waals surface area contributed by atoms with Gasteiger partial charge < -0.3 is 4.74 Å². The Kier molecular flexibility index (Phi) is 6.51. The van der Waals surface area contributed by atoms with Crippen LogP contribution in [0.3, 0.4) is 0 Å². The number of nitrogens with zero attached hydrogens (tertiary/aromatic N) is 4. The number of hydrogen-bond acceptors (Lipinski definition) is 4. The van der Waals surface area contributed by atoms with Crippen LogP contribution in [0, 0.1) is 0 Å². The number of ether oxygens (including phenoxy) is 1. The summed E-state index contributed by atoms with van der Waals surface area (Å²) in [6.45, 7) is 6.49. The molecule has 6 nitrogen and oxygen atoms in total. The maximum atomic E-state index is 12.5. The summed E-state index contributed by atoms with van der Waals surface area (Å²) in [5, 5.41) is 5.44. The lowest BCUT2D eigenvalue weighted by molar-refractivity contribution is 0.181. The Hall–Kier alpha value is -1.63. The van der Waals surface area contributed by atoms with Gasteiger partial charge in [0.25, 0.3) is 0 Å². The zero-order valence-corrected chi connectivity index (χ0v) is 16.3. The molecule has 7 heteroatoms. The summed E-state index contributed by atoms with van der Waals surface area (Å²) in [5.41, 5.74) is 1.14. The van der Waals surface area contributed by atoms with Crippen molar-refractivity contribution in [3.8, 4) is 0 Å². The Morgan fingerprint density at radius 2 is 2.00 bits per heavy atom. The van der Waals surface area contributed by atoms with Crippen molar-refractivity contribution >= 4 is 11.6 Å². The molecule has 0 aliphatic carbocycles. The molecule has 0 saturated carbocycles. The highest BCUT2D eigenvalue weighted by atomic mass is 35.5. The van der Waals surface area contributed by atoms with Crippen molar-refractivity contribution in [3.05, 3.63) is 51.2 Å². The lowest BCUT2D eigenvalue weighted by atomic mass is 9.95. The van der Waals surface area contributed by atoms with Gasteiger partial charge in [0.2, 0.25) is 0 Å². The maximum Gasteiger partial charge on any atom is 0.345 e. The quantitative estimate of drug-likeness (QED) is 0.743. The Morgan fingerprint density at radius 3 is 2.65 bits per heavy atom. The SMILES string of the molecule is CCn1c(C2CCN(Cc3ccccc3Cl)CC2)nn(CCOC)c1=O. The summed E-state index contributed by atoms with van der Waals surface area (Å²) in [6, 6.07) is 8.01. The molecule has 2 heterocycles. The van der Waals surface area contributed by atoms with Gasteiger partial charge in [0.15, 0.2) is 0 Å². The average Bonchev–Trinajstić information content (AvgIpc) is 2.98. The molecule has 0 amide bonds. The molecule has 1 aromatic carbocycles. The summed E-state index contributed by atoms with van der Waals surface area (Å²) in [5.74, 6) is 1.25. The molecule has 3 rings (SSSR count). The number of likely N-dealkylation sites (tertiary alicyclic amines) is 1. The van der Waals surface area contributed by atoms with Crippen molar-refractivity contribution in [1.82, 2.24) is 19.2 Å². The molecule has 0 atom stereocenters. The number of hydrogen-bond donors (Lipinski definition) is 0. The Bertz CT molecular complexity index is 778. The lowest BCUT2D eigenvalue weighted by Crippen LogP contribution is -2.34. The van der Waals surface area contributed by atoms with Gasteiger partial charge in [0.1, 0.15) is 5.82 Å². The van der Waals surface area contributed by atoms with Crippen LogP contribution in [-0.2, 0) is 24.4 Å². The van der Waals surface area contributed by atoms with E-state index in [4.69, 9.17) is 16.3 Å². The van der Waals surface area contributed by atoms with E-state index >= 15 is 0 Å². The molecule has 1 fully saturated rings. The largest absolute Gasteiger partial charge is 0.383 e. The number of rotatable bonds is 7. The minimum Gasteiger partial charge on any atom is -0.383 e. The van der Waals surface area contributed by atoms with Gasteiger partial charge in [-0.15, -0.1) is 0 Å². The van der Waals surface area contributed by atoms with Crippen molar-refractivity contribution < 1.29 is 4.74 Å². The van der Waals surface area contributed by atoms with Gasteiger partial charge in [-0.05, 0) is 44.5 Å². The van der Waals surface area contributed by atoms with E-state index < -0.39 is 0 Å². The summed E-state index contributed by atoms with van der Waals surface area (Å²) >= 11 is 6.28. The fraction of sp³-hybridized carbons (Fsp3) is 0.579. The van der Waals surface area contributed by atoms with Crippen LogP contribution in [-0.4, -0.2) is 46.1 Å². The van der Waals surface area contributed by atoms with Crippen molar-refractivity contribution in [1.29, 1.82) is 0 Å². The van der Waals surface area contributed by atoms with Crippen molar-refractivity contribution in [2.45, 2.75) is 45.3 Å². The lowest BCUT2D eigenvalue weighted by Gasteiger charge is -2.31. The summed E-state index contributed by atoms with van der Waals surface area (Å²) in [7, 11) is 1.64. The number of aromatic nitrogens is 3. The van der Waals surface area contributed by atoms with Gasteiger partial charge >= 0.3 is 5.69 Å². The normalized spacial score (nSPS) is 16.3. The van der Waals surface area contributed by atoms with Crippen LogP contribution < -0.4 is 5.69 Å². The molecular weight excluding hydrogens is 352 g/mol. The first-order valence-corrected chi connectivity index (χ1v) is 9.64. The minimum atomic E-state index is -0.0296. The molecule has 1 aliphatic heterocycles. The molecule has 0 N–H and O–H groups in total. The third-order valence-electron chi connectivity index (χ3n) is 5.08. The molecule has 0 radical (unpaired) electrons. The van der Waals surface area contributed by atoms with E-state index in [1.807, 2.05) is 29.7 Å². The number of benzene rings is 1. The van der Waals surface area contributed by atoms with Gasteiger partial charge in [-0.3, -0.25) is 9.47 Å². The van der Waals surface area contributed by atoms with E-state index in [0.29, 0.717) is 25.6 Å². The monoisotopic (exact) mass is 378 g/mol. The predicted molar refractivity (Wildman–Crippen MR) is 103 cm³/mol. The Balaban J connectivity index is 1.66. The van der Waals surface area contributed by atoms with Gasteiger partial charge in [0.05, 0.1) is 13.2 Å². The Morgan fingerprint density at radius 1 is 1.27 bits per heavy atom. The zero-order chi connectivity index (χ0) is 18.5. The van der Waals surface area contributed by atoms with Crippen molar-refractivity contribution in [2.24, 2.45) is 0 Å². The van der Waals surface area contributed by atoms with Crippen LogP contribution in [0.15, 0.2) is 29.1 Å². The summed E-state index contributed by atoms with van der Waals surface area (Å²) < 4.78 is 8.43. The van der Waals surface area contributed by atoms with Crippen LogP contribution in [0.4, 0.5) is 0 Å². The molecule has 26 heavy (non-hydrogen) atoms. The van der Waals surface area contributed by atoms with Gasteiger partial charge in [-0.2, -0.15) is 5.10 Å². The van der Waals surface area contributed by atoms with Gasteiger partial charge in [-0.25, -0.2) is 9.48 Å². The van der Waals surface area contributed by atoms with Crippen LogP contribution in [0.25, 0.3) is 0 Å². The molecule has 2 aromatic rings.